The monoisotopic (exact) mass is 293 g/mol. The van der Waals surface area contributed by atoms with Gasteiger partial charge in [-0.15, -0.1) is 0 Å². The van der Waals surface area contributed by atoms with Gasteiger partial charge < -0.3 is 15.2 Å². The number of rotatable bonds is 9. The molecular weight excluding hydrogens is 266 g/mol. The van der Waals surface area contributed by atoms with E-state index in [0.29, 0.717) is 18.9 Å². The van der Waals surface area contributed by atoms with Gasteiger partial charge in [0.25, 0.3) is 0 Å². The van der Waals surface area contributed by atoms with Gasteiger partial charge in [0.2, 0.25) is 0 Å². The van der Waals surface area contributed by atoms with E-state index in [-0.39, 0.29) is 0 Å². The third-order valence-corrected chi connectivity index (χ3v) is 3.34. The summed E-state index contributed by atoms with van der Waals surface area (Å²) in [7, 11) is 0. The molecule has 4 nitrogen and oxygen atoms in total. The standard InChI is InChI=1S/C17H27NO3/c1-13(2)12-21-15-7-5-14(6-8-15)11-18-10-9-17(3,4)16(19)20/h5-8,13,18H,9-12H2,1-4H3,(H,19,20). The number of aliphatic carboxylic acids is 1. The number of benzene rings is 1. The molecule has 0 spiro atoms. The minimum Gasteiger partial charge on any atom is -0.493 e. The van der Waals surface area contributed by atoms with Crippen LogP contribution in [0.1, 0.15) is 39.7 Å². The van der Waals surface area contributed by atoms with Gasteiger partial charge in [-0.1, -0.05) is 26.0 Å². The second-order valence-corrected chi connectivity index (χ2v) is 6.46. The normalized spacial score (nSPS) is 11.7. The molecular formula is C17H27NO3. The van der Waals surface area contributed by atoms with Crippen molar-refractivity contribution < 1.29 is 14.6 Å². The second kappa shape index (κ2) is 8.03. The molecule has 21 heavy (non-hydrogen) atoms. The zero-order valence-electron chi connectivity index (χ0n) is 13.5. The van der Waals surface area contributed by atoms with E-state index in [4.69, 9.17) is 9.84 Å². The Labute approximate surface area is 127 Å². The van der Waals surface area contributed by atoms with Gasteiger partial charge >= 0.3 is 5.97 Å². The molecule has 0 saturated heterocycles. The molecule has 0 aromatic heterocycles. The molecule has 1 rings (SSSR count). The molecule has 0 fully saturated rings. The van der Waals surface area contributed by atoms with Crippen molar-refractivity contribution in [2.24, 2.45) is 11.3 Å². The maximum absolute atomic E-state index is 11.0. The molecule has 118 valence electrons. The molecule has 0 aliphatic rings. The van der Waals surface area contributed by atoms with Gasteiger partial charge in [-0.2, -0.15) is 0 Å². The van der Waals surface area contributed by atoms with Crippen molar-refractivity contribution in [1.29, 1.82) is 0 Å². The Morgan fingerprint density at radius 1 is 1.29 bits per heavy atom. The quantitative estimate of drug-likeness (QED) is 0.686. The van der Waals surface area contributed by atoms with Crippen molar-refractivity contribution in [1.82, 2.24) is 5.32 Å². The molecule has 1 aromatic rings. The number of ether oxygens (including phenoxy) is 1. The summed E-state index contributed by atoms with van der Waals surface area (Å²) in [5.74, 6) is 0.652. The number of carbonyl (C=O) groups is 1. The molecule has 0 radical (unpaired) electrons. The van der Waals surface area contributed by atoms with E-state index >= 15 is 0 Å². The summed E-state index contributed by atoms with van der Waals surface area (Å²) in [4.78, 5) is 11.0. The van der Waals surface area contributed by atoms with Gasteiger partial charge in [0.05, 0.1) is 12.0 Å². The highest BCUT2D eigenvalue weighted by Gasteiger charge is 2.25. The summed E-state index contributed by atoms with van der Waals surface area (Å²) < 4.78 is 5.63. The Bertz CT molecular complexity index is 438. The maximum atomic E-state index is 11.0. The highest BCUT2D eigenvalue weighted by atomic mass is 16.5. The van der Waals surface area contributed by atoms with Crippen LogP contribution in [0.2, 0.25) is 0 Å². The van der Waals surface area contributed by atoms with Crippen LogP contribution in [0.5, 0.6) is 5.75 Å². The number of hydrogen-bond donors (Lipinski definition) is 2. The zero-order valence-corrected chi connectivity index (χ0v) is 13.5. The van der Waals surface area contributed by atoms with E-state index in [9.17, 15) is 4.79 Å². The molecule has 0 atom stereocenters. The van der Waals surface area contributed by atoms with E-state index in [1.807, 2.05) is 24.3 Å². The highest BCUT2D eigenvalue weighted by molar-refractivity contribution is 5.73. The predicted octanol–water partition coefficient (Wildman–Crippen LogP) is 3.31. The second-order valence-electron chi connectivity index (χ2n) is 6.46. The summed E-state index contributed by atoms with van der Waals surface area (Å²) in [5, 5.41) is 12.3. The first-order valence-electron chi connectivity index (χ1n) is 7.47. The molecule has 0 heterocycles. The Kier molecular flexibility index (Phi) is 6.69. The average Bonchev–Trinajstić information content (AvgIpc) is 2.42. The van der Waals surface area contributed by atoms with Crippen molar-refractivity contribution in [2.45, 2.75) is 40.7 Å². The Morgan fingerprint density at radius 3 is 2.43 bits per heavy atom. The van der Waals surface area contributed by atoms with E-state index in [1.54, 1.807) is 13.8 Å². The number of carboxylic acid groups (broad SMARTS) is 1. The molecule has 0 saturated carbocycles. The lowest BCUT2D eigenvalue weighted by Crippen LogP contribution is -2.28. The van der Waals surface area contributed by atoms with E-state index in [1.165, 1.54) is 5.56 Å². The lowest BCUT2D eigenvalue weighted by molar-refractivity contribution is -0.147. The fraction of sp³-hybridized carbons (Fsp3) is 0.588. The molecule has 4 heteroatoms. The number of nitrogens with one attached hydrogen (secondary N) is 1. The van der Waals surface area contributed by atoms with Gasteiger partial charge in [0.15, 0.2) is 0 Å². The summed E-state index contributed by atoms with van der Waals surface area (Å²) in [6.07, 6.45) is 0.609. The van der Waals surface area contributed by atoms with Gasteiger partial charge in [-0.3, -0.25) is 4.79 Å². The fourth-order valence-electron chi connectivity index (χ4n) is 1.71. The van der Waals surface area contributed by atoms with Crippen LogP contribution in [0, 0.1) is 11.3 Å². The molecule has 2 N–H and O–H groups in total. The van der Waals surface area contributed by atoms with Crippen LogP contribution in [0.4, 0.5) is 0 Å². The first-order chi connectivity index (χ1) is 9.81. The van der Waals surface area contributed by atoms with E-state index < -0.39 is 11.4 Å². The van der Waals surface area contributed by atoms with Crippen molar-refractivity contribution in [2.75, 3.05) is 13.2 Å². The smallest absolute Gasteiger partial charge is 0.309 e. The van der Waals surface area contributed by atoms with Crippen molar-refractivity contribution in [3.8, 4) is 5.75 Å². The largest absolute Gasteiger partial charge is 0.493 e. The van der Waals surface area contributed by atoms with Crippen molar-refractivity contribution in [3.63, 3.8) is 0 Å². The summed E-state index contributed by atoms with van der Waals surface area (Å²) >= 11 is 0. The Balaban J connectivity index is 2.31. The Hall–Kier alpha value is -1.55. The van der Waals surface area contributed by atoms with Crippen LogP contribution in [0.15, 0.2) is 24.3 Å². The molecule has 0 amide bonds. The molecule has 0 aliphatic carbocycles. The van der Waals surface area contributed by atoms with Crippen LogP contribution in [-0.2, 0) is 11.3 Å². The van der Waals surface area contributed by atoms with Gasteiger partial charge in [-0.05, 0) is 50.4 Å². The summed E-state index contributed by atoms with van der Waals surface area (Å²) in [6.45, 7) is 9.89. The topological polar surface area (TPSA) is 58.6 Å². The van der Waals surface area contributed by atoms with E-state index in [0.717, 1.165) is 18.9 Å². The van der Waals surface area contributed by atoms with Crippen LogP contribution in [0.3, 0.4) is 0 Å². The molecule has 0 unspecified atom stereocenters. The minimum atomic E-state index is -0.754. The van der Waals surface area contributed by atoms with Crippen LogP contribution in [0.25, 0.3) is 0 Å². The highest BCUT2D eigenvalue weighted by Crippen LogP contribution is 2.19. The van der Waals surface area contributed by atoms with Crippen LogP contribution >= 0.6 is 0 Å². The third-order valence-electron chi connectivity index (χ3n) is 3.34. The first kappa shape index (κ1) is 17.5. The molecule has 0 aliphatic heterocycles. The Morgan fingerprint density at radius 2 is 1.90 bits per heavy atom. The van der Waals surface area contributed by atoms with E-state index in [2.05, 4.69) is 19.2 Å². The number of hydrogen-bond acceptors (Lipinski definition) is 3. The third kappa shape index (κ3) is 6.63. The average molecular weight is 293 g/mol. The van der Waals surface area contributed by atoms with Crippen LogP contribution < -0.4 is 10.1 Å². The van der Waals surface area contributed by atoms with Gasteiger partial charge in [-0.25, -0.2) is 0 Å². The van der Waals surface area contributed by atoms with Gasteiger partial charge in [0, 0.05) is 6.54 Å². The van der Waals surface area contributed by atoms with Gasteiger partial charge in [0.1, 0.15) is 5.75 Å². The van der Waals surface area contributed by atoms with Crippen molar-refractivity contribution in [3.05, 3.63) is 29.8 Å². The first-order valence-corrected chi connectivity index (χ1v) is 7.47. The zero-order chi connectivity index (χ0) is 15.9. The van der Waals surface area contributed by atoms with Crippen molar-refractivity contribution >= 4 is 5.97 Å². The molecule has 1 aromatic carbocycles. The SMILES string of the molecule is CC(C)COc1ccc(CNCCC(C)(C)C(=O)O)cc1. The molecule has 0 bridgehead atoms. The van der Waals surface area contributed by atoms with Crippen LogP contribution in [-0.4, -0.2) is 24.2 Å². The fourth-order valence-corrected chi connectivity index (χ4v) is 1.71. The minimum absolute atomic E-state index is 0.518. The lowest BCUT2D eigenvalue weighted by atomic mass is 9.90. The predicted molar refractivity (Wildman–Crippen MR) is 84.5 cm³/mol. The summed E-state index contributed by atoms with van der Waals surface area (Å²) in [6, 6.07) is 8.01. The lowest BCUT2D eigenvalue weighted by Gasteiger charge is -2.19. The maximum Gasteiger partial charge on any atom is 0.309 e. The number of carboxylic acids is 1. The summed E-state index contributed by atoms with van der Waals surface area (Å²) in [5.41, 5.74) is 0.488.